The number of carbonyl (C=O) groups excluding carboxylic acids is 1. The van der Waals surface area contributed by atoms with E-state index in [2.05, 4.69) is 15.3 Å². The van der Waals surface area contributed by atoms with Gasteiger partial charge in [-0.3, -0.25) is 14.8 Å². The van der Waals surface area contributed by atoms with E-state index >= 15 is 0 Å². The largest absolute Gasteiger partial charge is 0.433 e. The summed E-state index contributed by atoms with van der Waals surface area (Å²) >= 11 is 0. The molecule has 0 spiro atoms. The van der Waals surface area contributed by atoms with Crippen molar-refractivity contribution in [2.75, 3.05) is 0 Å². The molecule has 0 aliphatic heterocycles. The molecule has 1 unspecified atom stereocenters. The van der Waals surface area contributed by atoms with Crippen molar-refractivity contribution < 1.29 is 18.0 Å². The fourth-order valence-corrected chi connectivity index (χ4v) is 3.17. The Morgan fingerprint density at radius 2 is 2.10 bits per heavy atom. The molecule has 3 rings (SSSR count). The summed E-state index contributed by atoms with van der Waals surface area (Å²) in [6.45, 7) is 1.90. The summed E-state index contributed by atoms with van der Waals surface area (Å²) in [6.07, 6.45) is 0.0662. The number of nitrogens with two attached hydrogens (primary N) is 1. The lowest BCUT2D eigenvalue weighted by Crippen LogP contribution is -2.39. The first-order valence-corrected chi connectivity index (χ1v) is 9.17. The predicted molar refractivity (Wildman–Crippen MR) is 105 cm³/mol. The summed E-state index contributed by atoms with van der Waals surface area (Å²) < 4.78 is 38.5. The van der Waals surface area contributed by atoms with Crippen LogP contribution in [0.3, 0.4) is 0 Å². The number of rotatable bonds is 4. The molecule has 0 bridgehead atoms. The second-order valence-electron chi connectivity index (χ2n) is 6.92. The van der Waals surface area contributed by atoms with Gasteiger partial charge in [0, 0.05) is 29.2 Å². The van der Waals surface area contributed by atoms with Gasteiger partial charge in [-0.2, -0.15) is 13.2 Å². The van der Waals surface area contributed by atoms with Crippen LogP contribution in [0.5, 0.6) is 0 Å². The maximum atomic E-state index is 12.8. The van der Waals surface area contributed by atoms with Crippen molar-refractivity contribution in [2.24, 2.45) is 10.7 Å². The molecule has 29 heavy (non-hydrogen) atoms. The number of aromatic nitrogens is 1. The van der Waals surface area contributed by atoms with E-state index in [1.807, 2.05) is 13.0 Å². The van der Waals surface area contributed by atoms with Crippen LogP contribution in [0.4, 0.5) is 18.9 Å². The number of nitrogens with one attached hydrogen (secondary N) is 1. The first kappa shape index (κ1) is 20.6. The second-order valence-corrected chi connectivity index (χ2v) is 6.92. The number of hydrogen-bond donors (Lipinski definition) is 2. The van der Waals surface area contributed by atoms with E-state index in [1.54, 1.807) is 18.2 Å². The molecule has 5 nitrogen and oxygen atoms in total. The monoisotopic (exact) mass is 402 g/mol. The first-order valence-electron chi connectivity index (χ1n) is 9.17. The molecule has 8 heteroatoms. The number of amides is 1. The smallest absolute Gasteiger partial charge is 0.402 e. The lowest BCUT2D eigenvalue weighted by molar-refractivity contribution is -0.141. The number of carbonyl (C=O) groups is 1. The van der Waals surface area contributed by atoms with Gasteiger partial charge in [0.2, 0.25) is 0 Å². The molecule has 152 valence electrons. The number of alkyl halides is 3. The third-order valence-electron chi connectivity index (χ3n) is 4.66. The van der Waals surface area contributed by atoms with E-state index < -0.39 is 11.9 Å². The van der Waals surface area contributed by atoms with E-state index in [9.17, 15) is 18.0 Å². The van der Waals surface area contributed by atoms with Gasteiger partial charge in [0.05, 0.1) is 11.7 Å². The zero-order valence-corrected chi connectivity index (χ0v) is 15.8. The van der Waals surface area contributed by atoms with Gasteiger partial charge in [-0.1, -0.05) is 17.7 Å². The minimum Gasteiger partial charge on any atom is -0.402 e. The second kappa shape index (κ2) is 8.46. The molecular formula is C21H21F3N4O. The summed E-state index contributed by atoms with van der Waals surface area (Å²) in [6, 6.07) is 9.11. The van der Waals surface area contributed by atoms with E-state index in [4.69, 9.17) is 5.73 Å². The predicted octanol–water partition coefficient (Wildman–Crippen LogP) is 4.31. The molecule has 1 aliphatic rings. The molecule has 0 fully saturated rings. The lowest BCUT2D eigenvalue weighted by Gasteiger charge is -2.26. The lowest BCUT2D eigenvalue weighted by atomic mass is 9.92. The van der Waals surface area contributed by atoms with Crippen LogP contribution in [-0.4, -0.2) is 23.1 Å². The Bertz CT molecular complexity index is 966. The van der Waals surface area contributed by atoms with Crippen LogP contribution in [0.15, 0.2) is 58.9 Å². The van der Waals surface area contributed by atoms with Crippen LogP contribution >= 0.6 is 0 Å². The number of halogens is 3. The van der Waals surface area contributed by atoms with Gasteiger partial charge < -0.3 is 11.1 Å². The van der Waals surface area contributed by atoms with Crippen molar-refractivity contribution in [1.29, 1.82) is 0 Å². The average molecular weight is 402 g/mol. The molecular weight excluding hydrogens is 381 g/mol. The van der Waals surface area contributed by atoms with Crippen LogP contribution in [0.2, 0.25) is 0 Å². The molecule has 1 aromatic carbocycles. The third-order valence-corrected chi connectivity index (χ3v) is 4.66. The van der Waals surface area contributed by atoms with Crippen molar-refractivity contribution in [3.05, 3.63) is 70.7 Å². The standard InChI is InChI=1S/C21H21F3N4O/c1-13-4-2-5-14(10-13)20(29)28-18-7-3-6-17(25)16(18)12-27-15-8-9-26-19(11-15)21(22,23)24/h2,4-5,8-12,18H,3,6-7,25H2,1H3,(H,28,29). The van der Waals surface area contributed by atoms with Crippen LogP contribution in [0.25, 0.3) is 0 Å². The van der Waals surface area contributed by atoms with Gasteiger partial charge in [-0.05, 0) is 50.5 Å². The zero-order chi connectivity index (χ0) is 21.0. The molecule has 1 atom stereocenters. The Morgan fingerprint density at radius 1 is 1.31 bits per heavy atom. The molecule has 0 saturated carbocycles. The summed E-state index contributed by atoms with van der Waals surface area (Å²) in [7, 11) is 0. The Labute approximate surface area is 166 Å². The number of aryl methyl sites for hydroxylation is 1. The fraction of sp³-hybridized carbons (Fsp3) is 0.286. The van der Waals surface area contributed by atoms with E-state index in [0.717, 1.165) is 24.2 Å². The molecule has 0 radical (unpaired) electrons. The van der Waals surface area contributed by atoms with Crippen molar-refractivity contribution in [1.82, 2.24) is 10.3 Å². The quantitative estimate of drug-likeness (QED) is 0.748. The minimum absolute atomic E-state index is 0.113. The Hall–Kier alpha value is -3.16. The van der Waals surface area contributed by atoms with Crippen molar-refractivity contribution in [3.8, 4) is 0 Å². The number of nitrogens with zero attached hydrogens (tertiary/aromatic N) is 2. The van der Waals surface area contributed by atoms with E-state index in [0.29, 0.717) is 29.7 Å². The summed E-state index contributed by atoms with van der Waals surface area (Å²) in [5.74, 6) is -0.234. The highest BCUT2D eigenvalue weighted by atomic mass is 19.4. The minimum atomic E-state index is -4.54. The Balaban J connectivity index is 1.81. The fourth-order valence-electron chi connectivity index (χ4n) is 3.17. The van der Waals surface area contributed by atoms with Gasteiger partial charge in [0.25, 0.3) is 5.91 Å². The zero-order valence-electron chi connectivity index (χ0n) is 15.8. The molecule has 2 aromatic rings. The van der Waals surface area contributed by atoms with Gasteiger partial charge in [0.1, 0.15) is 5.69 Å². The summed E-state index contributed by atoms with van der Waals surface area (Å²) in [4.78, 5) is 20.1. The highest BCUT2D eigenvalue weighted by Gasteiger charge is 2.32. The maximum Gasteiger partial charge on any atom is 0.433 e. The Morgan fingerprint density at radius 3 is 2.83 bits per heavy atom. The first-order chi connectivity index (χ1) is 13.7. The SMILES string of the molecule is Cc1cccc(C(=O)NC2CCCC(N)=C2C=Nc2ccnc(C(F)(F)F)c2)c1. The van der Waals surface area contributed by atoms with Gasteiger partial charge in [0.15, 0.2) is 0 Å². The molecule has 1 amide bonds. The summed E-state index contributed by atoms with van der Waals surface area (Å²) in [5, 5.41) is 2.95. The average Bonchev–Trinajstić information content (AvgIpc) is 2.67. The van der Waals surface area contributed by atoms with E-state index in [-0.39, 0.29) is 17.6 Å². The van der Waals surface area contributed by atoms with Gasteiger partial charge >= 0.3 is 6.18 Å². The van der Waals surface area contributed by atoms with Crippen LogP contribution in [0.1, 0.15) is 40.9 Å². The number of hydrogen-bond acceptors (Lipinski definition) is 4. The molecule has 3 N–H and O–H groups in total. The normalized spacial score (nSPS) is 17.6. The molecule has 0 saturated heterocycles. The Kier molecular flexibility index (Phi) is 6.00. The van der Waals surface area contributed by atoms with Crippen LogP contribution in [0, 0.1) is 6.92 Å². The van der Waals surface area contributed by atoms with Crippen molar-refractivity contribution in [2.45, 2.75) is 38.4 Å². The summed E-state index contributed by atoms with van der Waals surface area (Å²) in [5.41, 5.74) is 7.90. The van der Waals surface area contributed by atoms with Gasteiger partial charge in [-0.25, -0.2) is 0 Å². The third kappa shape index (κ3) is 5.22. The maximum absolute atomic E-state index is 12.8. The molecule has 1 aliphatic carbocycles. The number of aliphatic imine (C=N–C) groups is 1. The van der Waals surface area contributed by atoms with Crippen LogP contribution < -0.4 is 11.1 Å². The van der Waals surface area contributed by atoms with Gasteiger partial charge in [-0.15, -0.1) is 0 Å². The highest BCUT2D eigenvalue weighted by Crippen LogP contribution is 2.30. The van der Waals surface area contributed by atoms with Crippen molar-refractivity contribution >= 4 is 17.8 Å². The topological polar surface area (TPSA) is 80.4 Å². The van der Waals surface area contributed by atoms with E-state index in [1.165, 1.54) is 12.3 Å². The highest BCUT2D eigenvalue weighted by molar-refractivity contribution is 5.96. The van der Waals surface area contributed by atoms with Crippen LogP contribution in [-0.2, 0) is 6.18 Å². The number of pyridine rings is 1. The molecule has 1 aromatic heterocycles. The molecule has 1 heterocycles. The number of allylic oxidation sites excluding steroid dienone is 1. The van der Waals surface area contributed by atoms with Crippen molar-refractivity contribution in [3.63, 3.8) is 0 Å². The number of benzene rings is 1.